The molecule has 0 aliphatic carbocycles. The van der Waals surface area contributed by atoms with E-state index in [-0.39, 0.29) is 11.9 Å². The van der Waals surface area contributed by atoms with Gasteiger partial charge < -0.3 is 4.90 Å². The molecule has 1 aliphatic heterocycles. The second kappa shape index (κ2) is 5.49. The molecule has 0 unspecified atom stereocenters. The summed E-state index contributed by atoms with van der Waals surface area (Å²) in [4.78, 5) is 23.3. The number of hydrogen-bond acceptors (Lipinski definition) is 5. The van der Waals surface area contributed by atoms with Crippen LogP contribution in [0.25, 0.3) is 0 Å². The van der Waals surface area contributed by atoms with E-state index in [4.69, 9.17) is 11.6 Å². The van der Waals surface area contributed by atoms with E-state index in [9.17, 15) is 4.79 Å². The highest BCUT2D eigenvalue weighted by Crippen LogP contribution is 2.26. The Morgan fingerprint density at radius 3 is 3.05 bits per heavy atom. The van der Waals surface area contributed by atoms with Crippen LogP contribution in [0.3, 0.4) is 0 Å². The number of carbonyl (C=O) groups excluding carboxylic acids is 1. The van der Waals surface area contributed by atoms with Gasteiger partial charge in [-0.1, -0.05) is 11.6 Å². The fraction of sp³-hybridized carbons (Fsp3) is 0.500. The van der Waals surface area contributed by atoms with Crippen LogP contribution in [0.15, 0.2) is 12.7 Å². The fourth-order valence-electron chi connectivity index (χ4n) is 2.47. The number of likely N-dealkylation sites (tertiary alicyclic amines) is 1. The molecule has 6 nitrogen and oxygen atoms in total. The quantitative estimate of drug-likeness (QED) is 0.852. The number of nitrogens with zero attached hydrogens (tertiary/aromatic N) is 5. The van der Waals surface area contributed by atoms with Gasteiger partial charge in [0.25, 0.3) is 5.91 Å². The minimum Gasteiger partial charge on any atom is -0.335 e. The number of thiazole rings is 1. The first-order valence-electron chi connectivity index (χ1n) is 6.41. The van der Waals surface area contributed by atoms with Gasteiger partial charge in [-0.15, -0.1) is 11.3 Å². The third-order valence-electron chi connectivity index (χ3n) is 3.47. The van der Waals surface area contributed by atoms with Crippen LogP contribution in [-0.4, -0.2) is 43.6 Å². The van der Waals surface area contributed by atoms with E-state index in [0.29, 0.717) is 16.7 Å². The summed E-state index contributed by atoms with van der Waals surface area (Å²) in [6, 6.07) is 0.185. The summed E-state index contributed by atoms with van der Waals surface area (Å²) in [6.45, 7) is 3.25. The Labute approximate surface area is 125 Å². The minimum absolute atomic E-state index is 0.0459. The first kappa shape index (κ1) is 13.5. The highest BCUT2D eigenvalue weighted by atomic mass is 35.5. The van der Waals surface area contributed by atoms with Crippen LogP contribution in [-0.2, 0) is 0 Å². The van der Waals surface area contributed by atoms with Crippen molar-refractivity contribution in [1.29, 1.82) is 0 Å². The monoisotopic (exact) mass is 311 g/mol. The molecule has 20 heavy (non-hydrogen) atoms. The van der Waals surface area contributed by atoms with Crippen molar-refractivity contribution in [2.45, 2.75) is 25.8 Å². The number of rotatable bonds is 2. The molecule has 0 radical (unpaired) electrons. The summed E-state index contributed by atoms with van der Waals surface area (Å²) in [5.74, 6) is -0.0459. The van der Waals surface area contributed by atoms with E-state index < -0.39 is 0 Å². The Morgan fingerprint density at radius 2 is 2.40 bits per heavy atom. The number of aromatic nitrogens is 4. The van der Waals surface area contributed by atoms with E-state index in [2.05, 4.69) is 15.1 Å². The predicted octanol–water partition coefficient (Wildman–Crippen LogP) is 2.17. The lowest BCUT2D eigenvalue weighted by atomic mass is 10.1. The molecule has 1 fully saturated rings. The third kappa shape index (κ3) is 2.55. The second-order valence-electron chi connectivity index (χ2n) is 4.79. The average Bonchev–Trinajstić information content (AvgIpc) is 3.08. The van der Waals surface area contributed by atoms with E-state index in [1.54, 1.807) is 6.33 Å². The molecule has 2 aromatic rings. The van der Waals surface area contributed by atoms with Gasteiger partial charge in [0, 0.05) is 18.0 Å². The molecule has 2 aromatic heterocycles. The Balaban J connectivity index is 1.77. The summed E-state index contributed by atoms with van der Waals surface area (Å²) in [7, 11) is 0. The minimum atomic E-state index is -0.0459. The Morgan fingerprint density at radius 1 is 1.55 bits per heavy atom. The molecule has 1 atom stereocenters. The molecule has 106 valence electrons. The van der Waals surface area contributed by atoms with Crippen LogP contribution in [0.5, 0.6) is 0 Å². The number of piperidine rings is 1. The van der Waals surface area contributed by atoms with Gasteiger partial charge >= 0.3 is 0 Å². The lowest BCUT2D eigenvalue weighted by Crippen LogP contribution is -2.41. The van der Waals surface area contributed by atoms with Crippen LogP contribution in [0.1, 0.15) is 34.2 Å². The normalized spacial score (nSPS) is 19.3. The van der Waals surface area contributed by atoms with Gasteiger partial charge in [0.15, 0.2) is 4.47 Å². The predicted molar refractivity (Wildman–Crippen MR) is 76.1 cm³/mol. The largest absolute Gasteiger partial charge is 0.335 e. The molecule has 0 N–H and O–H groups in total. The number of amides is 1. The number of halogens is 1. The summed E-state index contributed by atoms with van der Waals surface area (Å²) >= 11 is 7.21. The van der Waals surface area contributed by atoms with Gasteiger partial charge in [-0.3, -0.25) is 4.79 Å². The zero-order valence-corrected chi connectivity index (χ0v) is 12.6. The molecular weight excluding hydrogens is 298 g/mol. The third-order valence-corrected chi connectivity index (χ3v) is 4.54. The van der Waals surface area contributed by atoms with Crippen molar-refractivity contribution in [3.05, 3.63) is 27.7 Å². The Kier molecular flexibility index (Phi) is 3.71. The Bertz CT molecular complexity index is 611. The zero-order valence-electron chi connectivity index (χ0n) is 11.0. The van der Waals surface area contributed by atoms with Gasteiger partial charge in [0.1, 0.15) is 18.3 Å². The van der Waals surface area contributed by atoms with Gasteiger partial charge in [0.2, 0.25) is 0 Å². The number of hydrogen-bond donors (Lipinski definition) is 0. The van der Waals surface area contributed by atoms with Gasteiger partial charge in [-0.05, 0) is 19.8 Å². The molecule has 1 saturated heterocycles. The summed E-state index contributed by atoms with van der Waals surface area (Å²) in [6.07, 6.45) is 5.17. The summed E-state index contributed by atoms with van der Waals surface area (Å²) < 4.78 is 2.23. The maximum absolute atomic E-state index is 12.5. The van der Waals surface area contributed by atoms with E-state index in [1.165, 1.54) is 17.7 Å². The summed E-state index contributed by atoms with van der Waals surface area (Å²) in [5.41, 5.74) is 0.472. The maximum Gasteiger partial charge on any atom is 0.273 e. The van der Waals surface area contributed by atoms with Crippen LogP contribution in [0, 0.1) is 6.92 Å². The van der Waals surface area contributed by atoms with Crippen molar-refractivity contribution in [3.8, 4) is 0 Å². The van der Waals surface area contributed by atoms with Crippen LogP contribution in [0.4, 0.5) is 0 Å². The molecule has 0 saturated carbocycles. The van der Waals surface area contributed by atoms with Crippen LogP contribution >= 0.6 is 22.9 Å². The van der Waals surface area contributed by atoms with Crippen molar-refractivity contribution >= 4 is 28.8 Å². The maximum atomic E-state index is 12.5. The van der Waals surface area contributed by atoms with Gasteiger partial charge in [-0.25, -0.2) is 14.6 Å². The van der Waals surface area contributed by atoms with Crippen molar-refractivity contribution in [2.75, 3.05) is 13.1 Å². The lowest BCUT2D eigenvalue weighted by molar-refractivity contribution is 0.0667. The molecule has 3 heterocycles. The van der Waals surface area contributed by atoms with Crippen molar-refractivity contribution in [1.82, 2.24) is 24.6 Å². The number of aryl methyl sites for hydroxylation is 1. The van der Waals surface area contributed by atoms with E-state index in [0.717, 1.165) is 24.3 Å². The van der Waals surface area contributed by atoms with Crippen molar-refractivity contribution < 1.29 is 4.79 Å². The smallest absolute Gasteiger partial charge is 0.273 e. The first-order valence-corrected chi connectivity index (χ1v) is 7.61. The van der Waals surface area contributed by atoms with E-state index in [1.807, 2.05) is 16.5 Å². The van der Waals surface area contributed by atoms with Crippen molar-refractivity contribution in [2.24, 2.45) is 0 Å². The van der Waals surface area contributed by atoms with E-state index >= 15 is 0 Å². The first-order chi connectivity index (χ1) is 9.65. The molecule has 1 amide bonds. The second-order valence-corrected chi connectivity index (χ2v) is 6.58. The van der Waals surface area contributed by atoms with Crippen molar-refractivity contribution in [3.63, 3.8) is 0 Å². The summed E-state index contributed by atoms with van der Waals surface area (Å²) in [5, 5.41) is 4.16. The van der Waals surface area contributed by atoms with Crippen LogP contribution < -0.4 is 0 Å². The molecular formula is C12H14ClN5OS. The lowest BCUT2D eigenvalue weighted by Gasteiger charge is -2.32. The topological polar surface area (TPSA) is 63.9 Å². The van der Waals surface area contributed by atoms with Gasteiger partial charge in [-0.2, -0.15) is 5.10 Å². The number of carbonyl (C=O) groups is 1. The average molecular weight is 312 g/mol. The highest BCUT2D eigenvalue weighted by Gasteiger charge is 2.28. The molecule has 1 aliphatic rings. The standard InChI is InChI=1S/C12H14ClN5OS/c1-8-10(16-12(13)20-8)11(19)17-4-2-3-9(5-17)18-7-14-6-15-18/h6-7,9H,2-5H2,1H3/t9-/m0/s1. The molecule has 3 rings (SSSR count). The van der Waals surface area contributed by atoms with Gasteiger partial charge in [0.05, 0.1) is 6.04 Å². The van der Waals surface area contributed by atoms with Crippen LogP contribution in [0.2, 0.25) is 4.47 Å². The molecule has 0 bridgehead atoms. The SMILES string of the molecule is Cc1sc(Cl)nc1C(=O)N1CCC[C@H](n2cncn2)C1. The molecule has 0 spiro atoms. The Hall–Kier alpha value is -1.47. The highest BCUT2D eigenvalue weighted by molar-refractivity contribution is 7.15. The molecule has 0 aromatic carbocycles. The fourth-order valence-corrected chi connectivity index (χ4v) is 3.52. The zero-order chi connectivity index (χ0) is 14.1. The molecule has 8 heteroatoms.